The van der Waals surface area contributed by atoms with Crippen molar-refractivity contribution in [1.82, 2.24) is 54.7 Å². The predicted octanol–water partition coefficient (Wildman–Crippen LogP) is 20.1. The maximum absolute atomic E-state index is 5.33. The van der Waals surface area contributed by atoms with Crippen molar-refractivity contribution in [2.24, 2.45) is 0 Å². The van der Waals surface area contributed by atoms with E-state index in [-0.39, 0.29) is 0 Å². The van der Waals surface area contributed by atoms with E-state index in [0.29, 0.717) is 18.1 Å². The average molecular weight is 1410 g/mol. The first-order chi connectivity index (χ1) is 47.2. The molecular weight excluding hydrogens is 1210 g/mol. The van der Waals surface area contributed by atoms with Crippen LogP contribution in [0.4, 0.5) is 0 Å². The number of hydrogen-bond acceptors (Lipinski definition) is 13. The van der Waals surface area contributed by atoms with Gasteiger partial charge < -0.3 is 39.7 Å². The first kappa shape index (κ1) is 116. The molecule has 0 bridgehead atoms. The molecular formula is C85H197N11O2. The fourth-order valence-corrected chi connectivity index (χ4v) is 11.0. The van der Waals surface area contributed by atoms with Gasteiger partial charge in [-0.15, -0.1) is 0 Å². The fourth-order valence-electron chi connectivity index (χ4n) is 11.0. The molecule has 9 aliphatic rings. The highest BCUT2D eigenvalue weighted by atomic mass is 16.5. The second-order valence-corrected chi connectivity index (χ2v) is 26.5. The van der Waals surface area contributed by atoms with Gasteiger partial charge in [0.25, 0.3) is 0 Å². The lowest BCUT2D eigenvalue weighted by Crippen LogP contribution is -2.46. The van der Waals surface area contributed by atoms with E-state index in [4.69, 9.17) is 9.47 Å². The van der Waals surface area contributed by atoms with Gasteiger partial charge in [-0.05, 0) is 248 Å². The van der Waals surface area contributed by atoms with Gasteiger partial charge in [0.05, 0.1) is 19.8 Å². The zero-order valence-electron chi connectivity index (χ0n) is 75.1. The number of ether oxygens (including phenoxy) is 2. The molecule has 0 radical (unpaired) electrons. The van der Waals surface area contributed by atoms with Crippen LogP contribution in [0.1, 0.15) is 326 Å². The van der Waals surface area contributed by atoms with E-state index in [1.807, 2.05) is 125 Å². The van der Waals surface area contributed by atoms with Gasteiger partial charge >= 0.3 is 0 Å². The van der Waals surface area contributed by atoms with E-state index in [9.17, 15) is 0 Å². The van der Waals surface area contributed by atoms with Gasteiger partial charge in [0.15, 0.2) is 0 Å². The second-order valence-electron chi connectivity index (χ2n) is 26.5. The third kappa shape index (κ3) is 74.9. The molecule has 604 valence electrons. The summed E-state index contributed by atoms with van der Waals surface area (Å²) in [6, 6.07) is 6.63. The van der Waals surface area contributed by atoms with Gasteiger partial charge in [0.2, 0.25) is 0 Å². The number of hydrogen-bond donors (Lipinski definition) is 2. The number of likely N-dealkylation sites (tertiary alicyclic amines) is 4. The van der Waals surface area contributed by atoms with Crippen LogP contribution in [0.5, 0.6) is 0 Å². The van der Waals surface area contributed by atoms with E-state index in [1.165, 1.54) is 169 Å². The summed E-state index contributed by atoms with van der Waals surface area (Å²) in [7, 11) is 0. The molecule has 8 fully saturated rings. The van der Waals surface area contributed by atoms with Crippen LogP contribution in [-0.4, -0.2) is 269 Å². The molecule has 0 saturated carbocycles. The molecule has 98 heavy (non-hydrogen) atoms. The maximum atomic E-state index is 5.33. The van der Waals surface area contributed by atoms with E-state index < -0.39 is 0 Å². The Labute approximate surface area is 624 Å². The molecule has 0 unspecified atom stereocenters. The third-order valence-corrected chi connectivity index (χ3v) is 17.3. The smallest absolute Gasteiger partial charge is 0.0594 e. The average Bonchev–Trinajstić information content (AvgIpc) is 1.82. The zero-order valence-corrected chi connectivity index (χ0v) is 75.1. The van der Waals surface area contributed by atoms with E-state index in [0.717, 1.165) is 115 Å². The Bertz CT molecular complexity index is 1210. The van der Waals surface area contributed by atoms with Crippen molar-refractivity contribution < 1.29 is 9.47 Å². The Morgan fingerprint density at radius 3 is 0.653 bits per heavy atom. The molecule has 9 aliphatic heterocycles. The quantitative estimate of drug-likeness (QED) is 0.216. The van der Waals surface area contributed by atoms with Crippen LogP contribution in [0.2, 0.25) is 0 Å². The molecule has 0 atom stereocenters. The molecule has 0 aliphatic carbocycles. The second kappa shape index (κ2) is 92.3. The van der Waals surface area contributed by atoms with E-state index >= 15 is 0 Å². The summed E-state index contributed by atoms with van der Waals surface area (Å²) in [6.45, 7) is 107. The maximum Gasteiger partial charge on any atom is 0.0594 e. The largest absolute Gasteiger partial charge is 0.380 e. The zero-order chi connectivity index (χ0) is 77.5. The van der Waals surface area contributed by atoms with E-state index in [1.54, 1.807) is 0 Å². The molecule has 9 rings (SSSR count). The van der Waals surface area contributed by atoms with Crippen molar-refractivity contribution in [3.8, 4) is 0 Å². The van der Waals surface area contributed by atoms with Crippen LogP contribution in [0.15, 0.2) is 12.2 Å². The minimum Gasteiger partial charge on any atom is -0.380 e. The Morgan fingerprint density at radius 1 is 0.194 bits per heavy atom. The molecule has 2 N–H and O–H groups in total. The Balaban J connectivity index is -0.000000126. The summed E-state index contributed by atoms with van der Waals surface area (Å²) >= 11 is 0. The van der Waals surface area contributed by atoms with Crippen molar-refractivity contribution in [2.45, 2.75) is 381 Å². The number of rotatable bonds is 9. The Kier molecular flexibility index (Phi) is 109. The summed E-state index contributed by atoms with van der Waals surface area (Å²) < 4.78 is 10.5. The lowest BCUT2D eigenvalue weighted by Gasteiger charge is -2.34. The van der Waals surface area contributed by atoms with E-state index in [2.05, 4.69) is 192 Å². The molecule has 13 heteroatoms. The number of piperidine rings is 1. The van der Waals surface area contributed by atoms with Crippen molar-refractivity contribution in [3.05, 3.63) is 12.2 Å². The first-order valence-corrected chi connectivity index (χ1v) is 43.1. The number of nitrogens with zero attached hydrogens (tertiary/aromatic N) is 9. The number of piperazine rings is 1. The first-order valence-electron chi connectivity index (χ1n) is 43.1. The highest BCUT2D eigenvalue weighted by Gasteiger charge is 2.18. The summed E-state index contributed by atoms with van der Waals surface area (Å²) in [6.07, 6.45) is 21.2. The van der Waals surface area contributed by atoms with Gasteiger partial charge in [0, 0.05) is 140 Å². The molecule has 13 nitrogen and oxygen atoms in total. The molecule has 9 heterocycles. The molecule has 8 saturated heterocycles. The van der Waals surface area contributed by atoms with Gasteiger partial charge in [-0.25, -0.2) is 0 Å². The summed E-state index contributed by atoms with van der Waals surface area (Å²) in [5, 5.41) is 6.72. The van der Waals surface area contributed by atoms with Gasteiger partial charge in [-0.3, -0.25) is 24.5 Å². The molecule has 0 aromatic heterocycles. The predicted molar refractivity (Wildman–Crippen MR) is 454 cm³/mol. The normalized spacial score (nSPS) is 19.2. The topological polar surface area (TPSA) is 71.7 Å². The number of nitrogens with one attached hydrogen (secondary N) is 2. The van der Waals surface area contributed by atoms with Gasteiger partial charge in [0.1, 0.15) is 0 Å². The van der Waals surface area contributed by atoms with Crippen LogP contribution >= 0.6 is 0 Å². The monoisotopic (exact) mass is 1400 g/mol. The van der Waals surface area contributed by atoms with Gasteiger partial charge in [-0.2, -0.15) is 0 Å². The molecule has 0 spiro atoms. The van der Waals surface area contributed by atoms with Crippen molar-refractivity contribution in [2.75, 3.05) is 170 Å². The number of morpholine rings is 1. The minimum absolute atomic E-state index is 0.682. The Morgan fingerprint density at radius 2 is 0.388 bits per heavy atom. The summed E-state index contributed by atoms with van der Waals surface area (Å²) in [4.78, 5) is 22.5. The summed E-state index contributed by atoms with van der Waals surface area (Å²) in [5.74, 6) is 0. The highest BCUT2D eigenvalue weighted by molar-refractivity contribution is 4.96. The standard InChI is InChI=1S/C9H19N.C8H18N2.C8H17NO.C8H17N.C7H16N2.C7H15NO.C7H15N.C7H13N.C6H13N.9C2H6/c1-9(2)10-7-5-3-4-6-8-10;1-8(2)10-6-3-4-9-5-7-10;1-8(2)9-4-3-6-10-7-5-9;1-8(2)9-6-4-3-5-7-9;1-7(2)9-5-3-8-4-6-9;1-7(2)8-3-5-9-6-4-8;2*1-7(2)8-5-3-4-6-8;1-6(2)7-4-3-5-7;9*1-2/h9H,3-8H2,1-2H3;8-9H,3-7H2,1-2H3;8H,3-7H2,1-2H3;8H,3-7H2,1-2H3;7-8H,3-6H2,1-2H3;7H,3-6H2,1-2H3;7H,3-6H2,1-2H3;3-4,7H,5-6H2,1-2H3;6H,3-5H2,1-2H3;9*1-2H3. The van der Waals surface area contributed by atoms with Crippen LogP contribution in [-0.2, 0) is 9.47 Å². The van der Waals surface area contributed by atoms with Crippen LogP contribution in [0.25, 0.3) is 0 Å². The van der Waals surface area contributed by atoms with Crippen LogP contribution in [0, 0.1) is 0 Å². The Hall–Kier alpha value is -0.780. The lowest BCUT2D eigenvalue weighted by molar-refractivity contribution is 0.0238. The van der Waals surface area contributed by atoms with Gasteiger partial charge in [-0.1, -0.05) is 156 Å². The molecule has 0 amide bonds. The van der Waals surface area contributed by atoms with Crippen LogP contribution in [0.3, 0.4) is 0 Å². The lowest BCUT2D eigenvalue weighted by atomic mass is 10.1. The SMILES string of the molecule is CC.CC.CC.CC.CC.CC.CC.CC.CC.CC(C)N1CC=CC1.CC(C)N1CCC1.CC(C)N1CCCC1.CC(C)N1CCCCC1.CC(C)N1CCCCCC1.CC(C)N1CCCNCC1.CC(C)N1CCCOCC1.CC(C)N1CCNCC1.CC(C)N1CCOCC1. The van der Waals surface area contributed by atoms with Crippen molar-refractivity contribution in [3.63, 3.8) is 0 Å². The van der Waals surface area contributed by atoms with Crippen molar-refractivity contribution in [1.29, 1.82) is 0 Å². The minimum atomic E-state index is 0.682. The third-order valence-electron chi connectivity index (χ3n) is 17.3. The van der Waals surface area contributed by atoms with Crippen LogP contribution < -0.4 is 10.6 Å². The molecule has 0 aromatic carbocycles. The highest BCUT2D eigenvalue weighted by Crippen LogP contribution is 2.14. The molecule has 0 aromatic rings. The van der Waals surface area contributed by atoms with Crippen molar-refractivity contribution >= 4 is 0 Å². The summed E-state index contributed by atoms with van der Waals surface area (Å²) in [5.41, 5.74) is 0. The fraction of sp³-hybridized carbons (Fsp3) is 0.976.